The molecule has 38 heavy (non-hydrogen) atoms. The highest BCUT2D eigenvalue weighted by molar-refractivity contribution is 7.90. The van der Waals surface area contributed by atoms with Gasteiger partial charge in [0.15, 0.2) is 0 Å². The van der Waals surface area contributed by atoms with Crippen molar-refractivity contribution < 1.29 is 17.5 Å². The first kappa shape index (κ1) is 26.5. The first-order valence-electron chi connectivity index (χ1n) is 12.8. The number of aromatic nitrogens is 4. The minimum Gasteiger partial charge on any atom is -0.378 e. The van der Waals surface area contributed by atoms with E-state index in [1.807, 2.05) is 23.4 Å². The van der Waals surface area contributed by atoms with Gasteiger partial charge in [-0.15, -0.1) is 0 Å². The van der Waals surface area contributed by atoms with Crippen LogP contribution < -0.4 is 15.1 Å². The molecule has 2 saturated heterocycles. The lowest BCUT2D eigenvalue weighted by Gasteiger charge is -2.41. The van der Waals surface area contributed by atoms with E-state index in [2.05, 4.69) is 39.0 Å². The van der Waals surface area contributed by atoms with Crippen molar-refractivity contribution in [3.05, 3.63) is 36.4 Å². The van der Waals surface area contributed by atoms with Gasteiger partial charge in [0.05, 0.1) is 36.0 Å². The number of rotatable bonds is 8. The Hall–Kier alpha value is -3.12. The Kier molecular flexibility index (Phi) is 7.36. The molecule has 0 aliphatic carbocycles. The predicted molar refractivity (Wildman–Crippen MR) is 147 cm³/mol. The number of halogens is 1. The Morgan fingerprint density at radius 1 is 1.11 bits per heavy atom. The number of anilines is 4. The lowest BCUT2D eigenvalue weighted by Crippen LogP contribution is -2.49. The number of hydrogen-bond donors (Lipinski definition) is 1. The zero-order valence-electron chi connectivity index (χ0n) is 22.1. The van der Waals surface area contributed by atoms with Crippen molar-refractivity contribution in [2.45, 2.75) is 38.5 Å². The molecule has 5 heterocycles. The van der Waals surface area contributed by atoms with E-state index in [4.69, 9.17) is 9.72 Å². The molecule has 2 aliphatic rings. The van der Waals surface area contributed by atoms with Crippen LogP contribution in [-0.2, 0) is 14.6 Å². The van der Waals surface area contributed by atoms with Gasteiger partial charge in [0.1, 0.15) is 27.6 Å². The maximum Gasteiger partial charge on any atom is 0.227 e. The highest BCUT2D eigenvalue weighted by atomic mass is 32.2. The SMILES string of the molecule is CO[C@@H]1CCN(c2nccc(Nc3cc4c(C(C)C)ncc(N5CC(CS(C)(=O)=O)C5)c4cn3)n2)C[C@@H]1F. The summed E-state index contributed by atoms with van der Waals surface area (Å²) in [6.45, 7) is 6.35. The van der Waals surface area contributed by atoms with Crippen LogP contribution in [0.5, 0.6) is 0 Å². The molecule has 2 aliphatic heterocycles. The number of nitrogens with one attached hydrogen (secondary N) is 1. The van der Waals surface area contributed by atoms with Gasteiger partial charge in [0.25, 0.3) is 0 Å². The van der Waals surface area contributed by atoms with Crippen molar-refractivity contribution in [2.24, 2.45) is 5.92 Å². The van der Waals surface area contributed by atoms with Crippen molar-refractivity contribution in [3.8, 4) is 0 Å². The largest absolute Gasteiger partial charge is 0.378 e. The molecule has 0 bridgehead atoms. The van der Waals surface area contributed by atoms with Crippen molar-refractivity contribution in [3.63, 3.8) is 0 Å². The number of methoxy groups -OCH3 is 1. The summed E-state index contributed by atoms with van der Waals surface area (Å²) in [5, 5.41) is 5.23. The summed E-state index contributed by atoms with van der Waals surface area (Å²) < 4.78 is 43.0. The van der Waals surface area contributed by atoms with E-state index in [0.29, 0.717) is 43.6 Å². The second-order valence-electron chi connectivity index (χ2n) is 10.6. The Morgan fingerprint density at radius 2 is 1.89 bits per heavy atom. The highest BCUT2D eigenvalue weighted by Gasteiger charge is 2.32. The van der Waals surface area contributed by atoms with Gasteiger partial charge in [-0.05, 0) is 24.5 Å². The van der Waals surface area contributed by atoms with Gasteiger partial charge in [0, 0.05) is 62.1 Å². The van der Waals surface area contributed by atoms with Crippen molar-refractivity contribution in [1.82, 2.24) is 19.9 Å². The van der Waals surface area contributed by atoms with Crippen LogP contribution in [0.1, 0.15) is 31.9 Å². The molecule has 5 rings (SSSR count). The van der Waals surface area contributed by atoms with Crippen molar-refractivity contribution in [1.29, 1.82) is 0 Å². The van der Waals surface area contributed by atoms with Gasteiger partial charge in [-0.25, -0.2) is 22.8 Å². The van der Waals surface area contributed by atoms with E-state index in [1.54, 1.807) is 12.3 Å². The summed E-state index contributed by atoms with van der Waals surface area (Å²) in [6, 6.07) is 3.72. The number of pyridine rings is 2. The standard InChI is InChI=1S/C26H34FN7O3S/c1-16(2)25-18-9-24(29-10-19(18)21(11-30-25)34-12-17(13-34)15-38(4,35)36)31-23-5-7-28-26(32-23)33-8-6-22(37-3)20(27)14-33/h5,7,9-11,16-17,20,22H,6,8,12-15H2,1-4H3,(H,28,29,31,32)/t20-,22+/m0/s1. The molecule has 0 unspecified atom stereocenters. The predicted octanol–water partition coefficient (Wildman–Crippen LogP) is 3.33. The van der Waals surface area contributed by atoms with Gasteiger partial charge in [-0.3, -0.25) is 4.98 Å². The van der Waals surface area contributed by atoms with Crippen LogP contribution in [0.4, 0.5) is 27.7 Å². The van der Waals surface area contributed by atoms with Gasteiger partial charge in [0.2, 0.25) is 5.95 Å². The molecule has 2 atom stereocenters. The summed E-state index contributed by atoms with van der Waals surface area (Å²) >= 11 is 0. The van der Waals surface area contributed by atoms with E-state index in [1.165, 1.54) is 13.4 Å². The number of fused-ring (bicyclic) bond motifs is 1. The number of hydrogen-bond acceptors (Lipinski definition) is 10. The van der Waals surface area contributed by atoms with E-state index < -0.39 is 22.1 Å². The number of piperidine rings is 1. The first-order chi connectivity index (χ1) is 18.1. The van der Waals surface area contributed by atoms with Crippen molar-refractivity contribution >= 4 is 43.9 Å². The maximum absolute atomic E-state index is 14.4. The van der Waals surface area contributed by atoms with Crippen LogP contribution in [0.3, 0.4) is 0 Å². The topological polar surface area (TPSA) is 113 Å². The lowest BCUT2D eigenvalue weighted by atomic mass is 9.98. The molecule has 3 aromatic heterocycles. The number of alkyl halides is 1. The third-order valence-electron chi connectivity index (χ3n) is 7.13. The van der Waals surface area contributed by atoms with Crippen LogP contribution >= 0.6 is 0 Å². The molecule has 0 spiro atoms. The summed E-state index contributed by atoms with van der Waals surface area (Å²) in [6.07, 6.45) is 5.71. The number of sulfone groups is 1. The van der Waals surface area contributed by atoms with E-state index in [0.717, 1.165) is 22.2 Å². The average molecular weight is 544 g/mol. The average Bonchev–Trinajstić information content (AvgIpc) is 2.85. The molecule has 0 aromatic carbocycles. The summed E-state index contributed by atoms with van der Waals surface area (Å²) in [7, 11) is -1.47. The zero-order chi connectivity index (χ0) is 27.0. The van der Waals surface area contributed by atoms with Gasteiger partial charge < -0.3 is 19.9 Å². The number of nitrogens with zero attached hydrogens (tertiary/aromatic N) is 6. The molecule has 10 nitrogen and oxygen atoms in total. The minimum absolute atomic E-state index is 0.124. The molecule has 1 N–H and O–H groups in total. The summed E-state index contributed by atoms with van der Waals surface area (Å²) in [5.74, 6) is 2.16. The molecule has 12 heteroatoms. The Labute approximate surface area is 222 Å². The maximum atomic E-state index is 14.4. The first-order valence-corrected chi connectivity index (χ1v) is 14.9. The molecular weight excluding hydrogens is 509 g/mol. The second kappa shape index (κ2) is 10.6. The molecule has 204 valence electrons. The summed E-state index contributed by atoms with van der Waals surface area (Å²) in [5.41, 5.74) is 1.92. The van der Waals surface area contributed by atoms with E-state index >= 15 is 0 Å². The Bertz CT molecular complexity index is 1420. The monoisotopic (exact) mass is 543 g/mol. The minimum atomic E-state index is -3.00. The molecule has 0 amide bonds. The van der Waals surface area contributed by atoms with Gasteiger partial charge >= 0.3 is 0 Å². The normalized spacial score (nSPS) is 20.7. The van der Waals surface area contributed by atoms with Gasteiger partial charge in [-0.2, -0.15) is 4.98 Å². The van der Waals surface area contributed by atoms with Crippen LogP contribution in [-0.4, -0.2) is 85.9 Å². The van der Waals surface area contributed by atoms with Gasteiger partial charge in [-0.1, -0.05) is 13.8 Å². The summed E-state index contributed by atoms with van der Waals surface area (Å²) in [4.78, 5) is 22.3. The number of ether oxygens (including phenoxy) is 1. The fraction of sp³-hybridized carbons (Fsp3) is 0.538. The third-order valence-corrected chi connectivity index (χ3v) is 8.21. The van der Waals surface area contributed by atoms with Crippen LogP contribution in [0.25, 0.3) is 10.8 Å². The van der Waals surface area contributed by atoms with E-state index in [-0.39, 0.29) is 24.1 Å². The highest BCUT2D eigenvalue weighted by Crippen LogP contribution is 2.35. The fourth-order valence-corrected chi connectivity index (χ4v) is 6.32. The molecule has 3 aromatic rings. The fourth-order valence-electron chi connectivity index (χ4n) is 5.25. The molecule has 0 radical (unpaired) electrons. The van der Waals surface area contributed by atoms with Crippen LogP contribution in [0, 0.1) is 5.92 Å². The Balaban J connectivity index is 1.37. The Morgan fingerprint density at radius 3 is 2.58 bits per heavy atom. The van der Waals surface area contributed by atoms with Crippen molar-refractivity contribution in [2.75, 3.05) is 60.4 Å². The van der Waals surface area contributed by atoms with Crippen LogP contribution in [0.2, 0.25) is 0 Å². The molecular formula is C26H34FN7O3S. The smallest absolute Gasteiger partial charge is 0.227 e. The zero-order valence-corrected chi connectivity index (χ0v) is 22.9. The molecule has 0 saturated carbocycles. The molecule has 2 fully saturated rings. The lowest BCUT2D eigenvalue weighted by molar-refractivity contribution is 0.0194. The second-order valence-corrected chi connectivity index (χ2v) is 12.7. The van der Waals surface area contributed by atoms with Crippen LogP contribution in [0.15, 0.2) is 30.7 Å². The van der Waals surface area contributed by atoms with E-state index in [9.17, 15) is 12.8 Å². The third kappa shape index (κ3) is 5.65. The quantitative estimate of drug-likeness (QED) is 0.454.